The van der Waals surface area contributed by atoms with Crippen molar-refractivity contribution in [2.45, 2.75) is 25.8 Å². The molecule has 2 aliphatic heterocycles. The molecular weight excluding hydrogens is 421 g/mol. The van der Waals surface area contributed by atoms with E-state index in [1.54, 1.807) is 18.3 Å². The summed E-state index contributed by atoms with van der Waals surface area (Å²) in [6.45, 7) is 2.75. The molecule has 4 heterocycles. The van der Waals surface area contributed by atoms with Crippen LogP contribution in [0.4, 0.5) is 10.2 Å². The quantitative estimate of drug-likeness (QED) is 0.605. The number of hydrogen-bond acceptors (Lipinski definition) is 5. The molecule has 0 radical (unpaired) electrons. The number of nitrogens with one attached hydrogen (secondary N) is 1. The minimum atomic E-state index is -0.384. The molecule has 0 aliphatic carbocycles. The fourth-order valence-corrected chi connectivity index (χ4v) is 4.21. The molecule has 0 spiro atoms. The van der Waals surface area contributed by atoms with Gasteiger partial charge in [-0.15, -0.1) is 0 Å². The van der Waals surface area contributed by atoms with Gasteiger partial charge in [0, 0.05) is 43.7 Å². The predicted octanol–water partition coefficient (Wildman–Crippen LogP) is 4.23. The highest BCUT2D eigenvalue weighted by Gasteiger charge is 2.21. The van der Waals surface area contributed by atoms with Gasteiger partial charge < -0.3 is 19.5 Å². The van der Waals surface area contributed by atoms with Crippen molar-refractivity contribution < 1.29 is 13.9 Å². The van der Waals surface area contributed by atoms with Crippen LogP contribution >= 0.6 is 0 Å². The van der Waals surface area contributed by atoms with E-state index in [2.05, 4.69) is 20.2 Å². The summed E-state index contributed by atoms with van der Waals surface area (Å²) in [5, 5.41) is 2.85. The minimum Gasteiger partial charge on any atom is -0.493 e. The fraction of sp³-hybridized carbons (Fsp3) is 0.320. The second kappa shape index (κ2) is 9.15. The Kier molecular flexibility index (Phi) is 5.92. The van der Waals surface area contributed by atoms with Crippen molar-refractivity contribution in [3.05, 3.63) is 65.7 Å². The molecule has 7 nitrogen and oxygen atoms in total. The summed E-state index contributed by atoms with van der Waals surface area (Å²) in [7, 11) is 2.03. The van der Waals surface area contributed by atoms with Crippen LogP contribution in [0.3, 0.4) is 0 Å². The van der Waals surface area contributed by atoms with Gasteiger partial charge in [-0.05, 0) is 50.1 Å². The molecule has 2 bridgehead atoms. The number of aromatic nitrogens is 3. The van der Waals surface area contributed by atoms with Crippen LogP contribution in [0, 0.1) is 5.82 Å². The molecule has 0 saturated carbocycles. The van der Waals surface area contributed by atoms with Crippen molar-refractivity contribution in [2.24, 2.45) is 0 Å². The van der Waals surface area contributed by atoms with E-state index in [-0.39, 0.29) is 17.5 Å². The third kappa shape index (κ3) is 4.52. The van der Waals surface area contributed by atoms with Crippen molar-refractivity contribution in [1.29, 1.82) is 0 Å². The van der Waals surface area contributed by atoms with Crippen LogP contribution in [0.2, 0.25) is 0 Å². The summed E-state index contributed by atoms with van der Waals surface area (Å²) < 4.78 is 23.0. The highest BCUT2D eigenvalue weighted by atomic mass is 19.1. The number of hydrogen-bond donors (Lipinski definition) is 1. The number of halogens is 1. The molecule has 0 unspecified atom stereocenters. The van der Waals surface area contributed by atoms with Gasteiger partial charge in [0.25, 0.3) is 5.91 Å². The number of pyridine rings is 1. The van der Waals surface area contributed by atoms with E-state index in [0.717, 1.165) is 50.3 Å². The SMILES string of the molecule is CN1CC=C(c2cc3c(cc2F)OCCCCn2ccnc2-c2cccc(n2)NC3=O)CC1. The minimum absolute atomic E-state index is 0.249. The lowest BCUT2D eigenvalue weighted by atomic mass is 9.96. The second-order valence-corrected chi connectivity index (χ2v) is 8.43. The molecule has 33 heavy (non-hydrogen) atoms. The zero-order valence-corrected chi connectivity index (χ0v) is 18.6. The maximum Gasteiger partial charge on any atom is 0.260 e. The van der Waals surface area contributed by atoms with Gasteiger partial charge in [-0.25, -0.2) is 14.4 Å². The largest absolute Gasteiger partial charge is 0.493 e. The molecule has 3 aromatic rings. The van der Waals surface area contributed by atoms with Crippen molar-refractivity contribution in [3.8, 4) is 17.3 Å². The maximum absolute atomic E-state index is 15.1. The van der Waals surface area contributed by atoms with Gasteiger partial charge in [0.1, 0.15) is 23.1 Å². The molecule has 0 atom stereocenters. The lowest BCUT2D eigenvalue weighted by molar-refractivity contribution is 0.102. The lowest BCUT2D eigenvalue weighted by Gasteiger charge is -2.23. The van der Waals surface area contributed by atoms with Crippen molar-refractivity contribution in [2.75, 3.05) is 32.1 Å². The Morgan fingerprint density at radius 1 is 1.15 bits per heavy atom. The molecule has 1 N–H and O–H groups in total. The summed E-state index contributed by atoms with van der Waals surface area (Å²) in [5.74, 6) is 0.646. The number of carbonyl (C=O) groups excluding carboxylic acids is 1. The van der Waals surface area contributed by atoms with E-state index in [0.29, 0.717) is 29.2 Å². The molecule has 0 saturated heterocycles. The monoisotopic (exact) mass is 447 g/mol. The van der Waals surface area contributed by atoms with E-state index in [1.807, 2.05) is 36.0 Å². The number of imidazole rings is 1. The second-order valence-electron chi connectivity index (χ2n) is 8.43. The number of ether oxygens (including phenoxy) is 1. The Balaban J connectivity index is 1.53. The predicted molar refractivity (Wildman–Crippen MR) is 125 cm³/mol. The number of anilines is 1. The van der Waals surface area contributed by atoms with Crippen molar-refractivity contribution in [1.82, 2.24) is 19.4 Å². The molecule has 5 rings (SSSR count). The molecule has 1 amide bonds. The number of benzene rings is 1. The van der Waals surface area contributed by atoms with E-state index >= 15 is 4.39 Å². The van der Waals surface area contributed by atoms with E-state index in [4.69, 9.17) is 4.74 Å². The Bertz CT molecular complexity index is 1220. The Labute approximate surface area is 191 Å². The summed E-state index contributed by atoms with van der Waals surface area (Å²) in [6.07, 6.45) is 8.01. The maximum atomic E-state index is 15.1. The van der Waals surface area contributed by atoms with Crippen LogP contribution in [0.25, 0.3) is 17.1 Å². The first-order chi connectivity index (χ1) is 16.1. The van der Waals surface area contributed by atoms with Gasteiger partial charge in [-0.3, -0.25) is 4.79 Å². The van der Waals surface area contributed by atoms with Crippen LogP contribution in [0.5, 0.6) is 5.75 Å². The number of aryl methyl sites for hydroxylation is 1. The Morgan fingerprint density at radius 3 is 2.91 bits per heavy atom. The van der Waals surface area contributed by atoms with Gasteiger partial charge >= 0.3 is 0 Å². The average Bonchev–Trinajstić information content (AvgIpc) is 3.28. The highest BCUT2D eigenvalue weighted by molar-refractivity contribution is 6.06. The van der Waals surface area contributed by atoms with Crippen LogP contribution in [0.1, 0.15) is 35.2 Å². The average molecular weight is 448 g/mol. The summed E-state index contributed by atoms with van der Waals surface area (Å²) in [6, 6.07) is 8.38. The first-order valence-electron chi connectivity index (χ1n) is 11.2. The number of fused-ring (bicyclic) bond motifs is 5. The van der Waals surface area contributed by atoms with Gasteiger partial charge in [0.2, 0.25) is 0 Å². The number of amides is 1. The third-order valence-corrected chi connectivity index (χ3v) is 6.06. The summed E-state index contributed by atoms with van der Waals surface area (Å²) in [5.41, 5.74) is 2.35. The lowest BCUT2D eigenvalue weighted by Crippen LogP contribution is -2.24. The summed E-state index contributed by atoms with van der Waals surface area (Å²) >= 11 is 0. The van der Waals surface area contributed by atoms with E-state index in [1.165, 1.54) is 6.07 Å². The van der Waals surface area contributed by atoms with Crippen LogP contribution in [-0.4, -0.2) is 52.1 Å². The van der Waals surface area contributed by atoms with Gasteiger partial charge in [-0.2, -0.15) is 0 Å². The van der Waals surface area contributed by atoms with Gasteiger partial charge in [0.05, 0.1) is 12.2 Å². The number of rotatable bonds is 1. The van der Waals surface area contributed by atoms with Crippen molar-refractivity contribution >= 4 is 17.3 Å². The molecule has 170 valence electrons. The first kappa shape index (κ1) is 21.3. The summed E-state index contributed by atoms with van der Waals surface area (Å²) in [4.78, 5) is 24.5. The number of likely N-dealkylation sites (N-methyl/N-ethyl adjacent to an activating group) is 1. The molecule has 8 heteroatoms. The molecule has 1 aromatic carbocycles. The number of nitrogens with zero attached hydrogens (tertiary/aromatic N) is 4. The fourth-order valence-electron chi connectivity index (χ4n) is 4.21. The molecule has 2 aromatic heterocycles. The Morgan fingerprint density at radius 2 is 2.06 bits per heavy atom. The van der Waals surface area contributed by atoms with Crippen LogP contribution in [0.15, 0.2) is 48.8 Å². The van der Waals surface area contributed by atoms with Crippen molar-refractivity contribution in [3.63, 3.8) is 0 Å². The standard InChI is InChI=1S/C25H26FN5O2/c1-30-11-7-17(8-12-30)18-15-19-22(16-20(18)26)33-14-3-2-10-31-13-9-27-24(31)21-5-4-6-23(28-21)29-25(19)32/h4-7,9,13,15-16H,2-3,8,10-12,14H2,1H3,(H,28,29,32). The van der Waals surface area contributed by atoms with Gasteiger partial charge in [0.15, 0.2) is 5.82 Å². The normalized spacial score (nSPS) is 17.2. The van der Waals surface area contributed by atoms with E-state index in [9.17, 15) is 4.79 Å². The Hall–Kier alpha value is -3.52. The van der Waals surface area contributed by atoms with Gasteiger partial charge in [-0.1, -0.05) is 12.1 Å². The number of carbonyl (C=O) groups is 1. The van der Waals surface area contributed by atoms with Crippen LogP contribution < -0.4 is 10.1 Å². The first-order valence-corrected chi connectivity index (χ1v) is 11.2. The molecule has 2 aliphatic rings. The molecule has 0 fully saturated rings. The smallest absolute Gasteiger partial charge is 0.260 e. The van der Waals surface area contributed by atoms with E-state index < -0.39 is 0 Å². The topological polar surface area (TPSA) is 72.3 Å². The third-order valence-electron chi connectivity index (χ3n) is 6.06. The highest BCUT2D eigenvalue weighted by Crippen LogP contribution is 2.31. The van der Waals surface area contributed by atoms with Crippen LogP contribution in [-0.2, 0) is 6.54 Å². The zero-order valence-electron chi connectivity index (χ0n) is 18.6. The zero-order chi connectivity index (χ0) is 22.8. The molecular formula is C25H26FN5O2.